The number of rotatable bonds is 6. The van der Waals surface area contributed by atoms with Crippen LogP contribution in [-0.2, 0) is 14.8 Å². The number of ether oxygens (including phenoxy) is 2. The van der Waals surface area contributed by atoms with Crippen LogP contribution in [0.2, 0.25) is 0 Å². The molecule has 2 aliphatic heterocycles. The topological polar surface area (TPSA) is 88.1 Å². The third kappa shape index (κ3) is 4.91. The van der Waals surface area contributed by atoms with Crippen LogP contribution in [0.25, 0.3) is 0 Å². The summed E-state index contributed by atoms with van der Waals surface area (Å²) in [6.07, 6.45) is 0. The zero-order chi connectivity index (χ0) is 21.8. The number of sulfonamides is 1. The molecule has 0 atom stereocenters. The maximum Gasteiger partial charge on any atom is 0.243 e. The zero-order valence-electron chi connectivity index (χ0n) is 18.0. The van der Waals surface area contributed by atoms with Crippen molar-refractivity contribution in [1.82, 2.24) is 14.3 Å². The highest BCUT2D eigenvalue weighted by atomic mass is 32.2. The Hall–Kier alpha value is -2.43. The van der Waals surface area contributed by atoms with E-state index in [4.69, 9.17) is 14.5 Å². The third-order valence-electron chi connectivity index (χ3n) is 5.46. The van der Waals surface area contributed by atoms with Gasteiger partial charge in [-0.25, -0.2) is 13.4 Å². The predicted octanol–water partition coefficient (Wildman–Crippen LogP) is 1.53. The van der Waals surface area contributed by atoms with Crippen LogP contribution in [-0.4, -0.2) is 81.8 Å². The summed E-state index contributed by atoms with van der Waals surface area (Å²) in [5.41, 5.74) is 0.899. The average molecular weight is 448 g/mol. The second kappa shape index (κ2) is 9.37. The molecule has 9 nitrogen and oxygen atoms in total. The Kier molecular flexibility index (Phi) is 6.59. The number of piperazine rings is 1. The number of hydrogen-bond acceptors (Lipinski definition) is 8. The Labute approximate surface area is 183 Å². The van der Waals surface area contributed by atoms with E-state index in [1.807, 2.05) is 19.9 Å². The number of aromatic nitrogens is 2. The van der Waals surface area contributed by atoms with Crippen molar-refractivity contribution in [3.05, 3.63) is 36.0 Å². The normalized spacial score (nSPS) is 18.3. The van der Waals surface area contributed by atoms with Gasteiger partial charge in [-0.1, -0.05) is 0 Å². The smallest absolute Gasteiger partial charge is 0.243 e. The number of nitrogens with zero attached hydrogens (tertiary/aromatic N) is 5. The highest BCUT2D eigenvalue weighted by molar-refractivity contribution is 7.89. The minimum atomic E-state index is -3.54. The van der Waals surface area contributed by atoms with Crippen molar-refractivity contribution >= 4 is 21.8 Å². The number of benzene rings is 1. The van der Waals surface area contributed by atoms with Gasteiger partial charge in [-0.3, -0.25) is 0 Å². The molecule has 31 heavy (non-hydrogen) atoms. The van der Waals surface area contributed by atoms with Gasteiger partial charge in [0.2, 0.25) is 16.0 Å². The molecule has 2 aliphatic rings. The van der Waals surface area contributed by atoms with E-state index in [0.29, 0.717) is 57.7 Å². The van der Waals surface area contributed by atoms with Crippen LogP contribution in [0.3, 0.4) is 0 Å². The van der Waals surface area contributed by atoms with Gasteiger partial charge in [-0.15, -0.1) is 0 Å². The van der Waals surface area contributed by atoms with Crippen molar-refractivity contribution in [2.45, 2.75) is 18.7 Å². The van der Waals surface area contributed by atoms with E-state index in [2.05, 4.69) is 14.8 Å². The summed E-state index contributed by atoms with van der Waals surface area (Å²) < 4.78 is 38.4. The summed E-state index contributed by atoms with van der Waals surface area (Å²) in [6.45, 7) is 9.28. The second-order valence-electron chi connectivity index (χ2n) is 7.56. The molecule has 0 radical (unpaired) electrons. The maximum absolute atomic E-state index is 13.0. The SMILES string of the molecule is CCOc1ccc(S(=O)(=O)N2CCN(c3cc(C)nc(N4CCOCC4)n3)CC2)cc1. The monoisotopic (exact) mass is 447 g/mol. The molecule has 10 heteroatoms. The third-order valence-corrected chi connectivity index (χ3v) is 7.37. The van der Waals surface area contributed by atoms with Gasteiger partial charge in [0.1, 0.15) is 11.6 Å². The van der Waals surface area contributed by atoms with Crippen LogP contribution in [0, 0.1) is 6.92 Å². The summed E-state index contributed by atoms with van der Waals surface area (Å²) in [5, 5.41) is 0. The summed E-state index contributed by atoms with van der Waals surface area (Å²) in [4.78, 5) is 13.9. The molecular weight excluding hydrogens is 418 g/mol. The summed E-state index contributed by atoms with van der Waals surface area (Å²) in [7, 11) is -3.54. The van der Waals surface area contributed by atoms with E-state index in [0.717, 1.165) is 24.6 Å². The molecule has 168 valence electrons. The van der Waals surface area contributed by atoms with Gasteiger partial charge in [-0.05, 0) is 38.1 Å². The molecule has 0 aliphatic carbocycles. The molecule has 0 amide bonds. The Balaban J connectivity index is 1.44. The van der Waals surface area contributed by atoms with E-state index in [1.54, 1.807) is 24.3 Å². The van der Waals surface area contributed by atoms with Crippen LogP contribution in [0.15, 0.2) is 35.2 Å². The lowest BCUT2D eigenvalue weighted by Gasteiger charge is -2.35. The quantitative estimate of drug-likeness (QED) is 0.659. The summed E-state index contributed by atoms with van der Waals surface area (Å²) in [5.74, 6) is 2.22. The fourth-order valence-corrected chi connectivity index (χ4v) is 5.21. The minimum Gasteiger partial charge on any atom is -0.494 e. The van der Waals surface area contributed by atoms with Gasteiger partial charge in [0.25, 0.3) is 0 Å². The Morgan fingerprint density at radius 1 is 0.968 bits per heavy atom. The molecule has 0 saturated carbocycles. The van der Waals surface area contributed by atoms with E-state index in [1.165, 1.54) is 4.31 Å². The number of morpholine rings is 1. The predicted molar refractivity (Wildman–Crippen MR) is 118 cm³/mol. The molecule has 2 fully saturated rings. The van der Waals surface area contributed by atoms with E-state index in [-0.39, 0.29) is 4.90 Å². The lowest BCUT2D eigenvalue weighted by Crippen LogP contribution is -2.49. The van der Waals surface area contributed by atoms with Crippen molar-refractivity contribution in [2.24, 2.45) is 0 Å². The number of hydrogen-bond donors (Lipinski definition) is 0. The van der Waals surface area contributed by atoms with E-state index >= 15 is 0 Å². The standard InChI is InChI=1S/C21H29N5O4S/c1-3-30-18-4-6-19(7-5-18)31(27,28)26-10-8-24(9-11-26)20-16-17(2)22-21(23-20)25-12-14-29-15-13-25/h4-7,16H,3,8-15H2,1-2H3. The van der Waals surface area contributed by atoms with Gasteiger partial charge in [0.05, 0.1) is 24.7 Å². The fraction of sp³-hybridized carbons (Fsp3) is 0.524. The van der Waals surface area contributed by atoms with Crippen molar-refractivity contribution in [1.29, 1.82) is 0 Å². The molecule has 4 rings (SSSR count). The first-order valence-corrected chi connectivity index (χ1v) is 12.1. The van der Waals surface area contributed by atoms with Crippen molar-refractivity contribution < 1.29 is 17.9 Å². The molecule has 0 bridgehead atoms. The summed E-state index contributed by atoms with van der Waals surface area (Å²) >= 11 is 0. The zero-order valence-corrected chi connectivity index (χ0v) is 18.8. The lowest BCUT2D eigenvalue weighted by atomic mass is 10.3. The molecule has 2 aromatic rings. The molecule has 3 heterocycles. The van der Waals surface area contributed by atoms with Crippen LogP contribution in [0.1, 0.15) is 12.6 Å². The Morgan fingerprint density at radius 2 is 1.65 bits per heavy atom. The highest BCUT2D eigenvalue weighted by Crippen LogP contribution is 2.24. The second-order valence-corrected chi connectivity index (χ2v) is 9.50. The average Bonchev–Trinajstić information content (AvgIpc) is 2.80. The van der Waals surface area contributed by atoms with Crippen LogP contribution in [0.4, 0.5) is 11.8 Å². The van der Waals surface area contributed by atoms with Crippen molar-refractivity contribution in [3.63, 3.8) is 0 Å². The largest absolute Gasteiger partial charge is 0.494 e. The molecular formula is C21H29N5O4S. The first-order valence-electron chi connectivity index (χ1n) is 10.6. The van der Waals surface area contributed by atoms with Gasteiger partial charge >= 0.3 is 0 Å². The first kappa shape index (κ1) is 21.8. The van der Waals surface area contributed by atoms with Crippen LogP contribution < -0.4 is 14.5 Å². The molecule has 1 aromatic heterocycles. The molecule has 0 spiro atoms. The number of anilines is 2. The van der Waals surface area contributed by atoms with Gasteiger partial charge in [0, 0.05) is 51.0 Å². The molecule has 1 aromatic carbocycles. The van der Waals surface area contributed by atoms with Crippen LogP contribution >= 0.6 is 0 Å². The van der Waals surface area contributed by atoms with Crippen molar-refractivity contribution in [2.75, 3.05) is 68.9 Å². The number of aryl methyl sites for hydroxylation is 1. The molecule has 0 N–H and O–H groups in total. The Morgan fingerprint density at radius 3 is 2.29 bits per heavy atom. The van der Waals surface area contributed by atoms with Gasteiger partial charge in [-0.2, -0.15) is 9.29 Å². The Bertz CT molecular complexity index is 985. The van der Waals surface area contributed by atoms with Crippen molar-refractivity contribution in [3.8, 4) is 5.75 Å². The van der Waals surface area contributed by atoms with E-state index < -0.39 is 10.0 Å². The summed E-state index contributed by atoms with van der Waals surface area (Å²) in [6, 6.07) is 8.57. The van der Waals surface area contributed by atoms with Crippen LogP contribution in [0.5, 0.6) is 5.75 Å². The highest BCUT2D eigenvalue weighted by Gasteiger charge is 2.29. The lowest BCUT2D eigenvalue weighted by molar-refractivity contribution is 0.122. The first-order chi connectivity index (χ1) is 15.0. The molecule has 0 unspecified atom stereocenters. The molecule has 2 saturated heterocycles. The minimum absolute atomic E-state index is 0.289. The van der Waals surface area contributed by atoms with E-state index in [9.17, 15) is 8.42 Å². The fourth-order valence-electron chi connectivity index (χ4n) is 3.78. The van der Waals surface area contributed by atoms with Gasteiger partial charge < -0.3 is 19.3 Å². The van der Waals surface area contributed by atoms with Gasteiger partial charge in [0.15, 0.2) is 0 Å². The maximum atomic E-state index is 13.0.